The summed E-state index contributed by atoms with van der Waals surface area (Å²) in [4.78, 5) is 12.7. The fourth-order valence-electron chi connectivity index (χ4n) is 2.62. The van der Waals surface area contributed by atoms with Crippen LogP contribution in [-0.2, 0) is 25.8 Å². The van der Waals surface area contributed by atoms with E-state index in [0.29, 0.717) is 24.2 Å². The molecule has 0 spiro atoms. The molecule has 1 aromatic heterocycles. The highest BCUT2D eigenvalue weighted by Gasteiger charge is 2.34. The lowest BCUT2D eigenvalue weighted by Crippen LogP contribution is -2.22. The summed E-state index contributed by atoms with van der Waals surface area (Å²) in [7, 11) is -2.48. The van der Waals surface area contributed by atoms with E-state index >= 15 is 0 Å². The number of aromatic hydroxyl groups is 1. The maximum absolute atomic E-state index is 12.9. The summed E-state index contributed by atoms with van der Waals surface area (Å²) >= 11 is 1.17. The van der Waals surface area contributed by atoms with Crippen molar-refractivity contribution in [3.63, 3.8) is 0 Å². The van der Waals surface area contributed by atoms with Crippen LogP contribution in [0.2, 0.25) is 0 Å². The van der Waals surface area contributed by atoms with E-state index < -0.39 is 13.2 Å². The third-order valence-corrected chi connectivity index (χ3v) is 6.05. The Bertz CT molecular complexity index is 864. The number of carbonyl (C=O) groups excluding carboxylic acids is 1. The monoisotopic (exact) mass is 443 g/mol. The van der Waals surface area contributed by atoms with Crippen LogP contribution in [0.25, 0.3) is 0 Å². The number of thiophene rings is 1. The zero-order valence-electron chi connectivity index (χ0n) is 16.8. The summed E-state index contributed by atoms with van der Waals surface area (Å²) in [6.07, 6.45) is 0. The van der Waals surface area contributed by atoms with Crippen LogP contribution in [0.5, 0.6) is 16.6 Å². The minimum absolute atomic E-state index is 0.00933. The van der Waals surface area contributed by atoms with Crippen LogP contribution in [0.3, 0.4) is 0 Å². The first-order valence-electron chi connectivity index (χ1n) is 8.88. The van der Waals surface area contributed by atoms with E-state index in [-0.39, 0.29) is 29.6 Å². The Balaban J connectivity index is 2.43. The SMILES string of the molecule is CN(CCO)Cc1cc(OP(=O)(OC=O)Oc2cccs2)cc(C(C)(C)C)c1O. The van der Waals surface area contributed by atoms with Gasteiger partial charge in [0.15, 0.2) is 5.06 Å². The Labute approximate surface area is 174 Å². The minimum atomic E-state index is -4.28. The number of hydrogen-bond donors (Lipinski definition) is 2. The topological polar surface area (TPSA) is 106 Å². The summed E-state index contributed by atoms with van der Waals surface area (Å²) in [5.74, 6) is 0.210. The van der Waals surface area contributed by atoms with Gasteiger partial charge in [-0.15, -0.1) is 11.3 Å². The molecule has 1 heterocycles. The summed E-state index contributed by atoms with van der Waals surface area (Å²) in [6, 6.07) is 6.32. The van der Waals surface area contributed by atoms with Gasteiger partial charge in [0.1, 0.15) is 11.5 Å². The van der Waals surface area contributed by atoms with Crippen molar-refractivity contribution in [1.82, 2.24) is 4.90 Å². The third-order valence-electron chi connectivity index (χ3n) is 3.98. The Morgan fingerprint density at radius 3 is 2.55 bits per heavy atom. The third kappa shape index (κ3) is 6.47. The van der Waals surface area contributed by atoms with Crippen LogP contribution in [0.15, 0.2) is 29.6 Å². The molecule has 0 radical (unpaired) electrons. The van der Waals surface area contributed by atoms with E-state index in [1.807, 2.05) is 25.7 Å². The molecule has 10 heteroatoms. The van der Waals surface area contributed by atoms with Gasteiger partial charge in [-0.2, -0.15) is 4.57 Å². The maximum Gasteiger partial charge on any atom is 0.649 e. The van der Waals surface area contributed by atoms with Crippen LogP contribution in [0.4, 0.5) is 0 Å². The molecule has 0 saturated heterocycles. The van der Waals surface area contributed by atoms with Gasteiger partial charge in [0.05, 0.1) is 6.61 Å². The molecule has 1 aromatic carbocycles. The van der Waals surface area contributed by atoms with Crippen molar-refractivity contribution in [2.24, 2.45) is 0 Å². The lowest BCUT2D eigenvalue weighted by atomic mass is 9.85. The Morgan fingerprint density at radius 1 is 1.28 bits per heavy atom. The first-order valence-corrected chi connectivity index (χ1v) is 11.2. The van der Waals surface area contributed by atoms with Gasteiger partial charge in [0.2, 0.25) is 0 Å². The van der Waals surface area contributed by atoms with Crippen LogP contribution in [0.1, 0.15) is 31.9 Å². The highest BCUT2D eigenvalue weighted by Crippen LogP contribution is 2.51. The lowest BCUT2D eigenvalue weighted by Gasteiger charge is -2.25. The highest BCUT2D eigenvalue weighted by molar-refractivity contribution is 7.50. The smallest absolute Gasteiger partial charge is 0.507 e. The van der Waals surface area contributed by atoms with Gasteiger partial charge in [0, 0.05) is 24.2 Å². The van der Waals surface area contributed by atoms with Crippen LogP contribution in [0, 0.1) is 0 Å². The molecule has 2 rings (SSSR count). The largest absolute Gasteiger partial charge is 0.649 e. The van der Waals surface area contributed by atoms with Gasteiger partial charge in [-0.3, -0.25) is 9.69 Å². The lowest BCUT2D eigenvalue weighted by molar-refractivity contribution is -0.121. The number of nitrogens with zero attached hydrogens (tertiary/aromatic N) is 1. The number of hydrogen-bond acceptors (Lipinski definition) is 9. The van der Waals surface area contributed by atoms with E-state index in [0.717, 1.165) is 0 Å². The molecule has 0 bridgehead atoms. The number of likely N-dealkylation sites (N-methyl/N-ethyl adjacent to an activating group) is 1. The Morgan fingerprint density at radius 2 is 2.00 bits per heavy atom. The number of benzene rings is 1. The molecule has 1 unspecified atom stereocenters. The summed E-state index contributed by atoms with van der Waals surface area (Å²) < 4.78 is 28.4. The summed E-state index contributed by atoms with van der Waals surface area (Å²) in [6.45, 7) is 6.44. The second kappa shape index (κ2) is 9.63. The minimum Gasteiger partial charge on any atom is -0.507 e. The molecule has 0 amide bonds. The van der Waals surface area contributed by atoms with Gasteiger partial charge < -0.3 is 23.8 Å². The number of aliphatic hydroxyl groups is 1. The van der Waals surface area contributed by atoms with Gasteiger partial charge in [-0.05, 0) is 42.1 Å². The van der Waals surface area contributed by atoms with E-state index in [4.69, 9.17) is 14.2 Å². The zero-order chi connectivity index (χ0) is 21.7. The van der Waals surface area contributed by atoms with Crippen molar-refractivity contribution in [3.05, 3.63) is 40.8 Å². The van der Waals surface area contributed by atoms with Crippen molar-refractivity contribution in [1.29, 1.82) is 0 Å². The predicted octanol–water partition coefficient (Wildman–Crippen LogP) is 3.91. The summed E-state index contributed by atoms with van der Waals surface area (Å²) in [5.41, 5.74) is 0.631. The van der Waals surface area contributed by atoms with E-state index in [1.54, 1.807) is 30.6 Å². The molecule has 2 N–H and O–H groups in total. The average Bonchev–Trinajstić information content (AvgIpc) is 3.09. The molecule has 160 valence electrons. The molecular formula is C19H26NO7PS. The molecule has 1 atom stereocenters. The van der Waals surface area contributed by atoms with Gasteiger partial charge >= 0.3 is 14.3 Å². The number of aliphatic hydroxyl groups excluding tert-OH is 1. The number of phenolic OH excluding ortho intramolecular Hbond substituents is 1. The number of phenols is 1. The average molecular weight is 443 g/mol. The fourth-order valence-corrected chi connectivity index (χ4v) is 4.39. The molecule has 29 heavy (non-hydrogen) atoms. The molecule has 0 aliphatic heterocycles. The van der Waals surface area contributed by atoms with Gasteiger partial charge in [-0.1, -0.05) is 20.8 Å². The predicted molar refractivity (Wildman–Crippen MR) is 111 cm³/mol. The summed E-state index contributed by atoms with van der Waals surface area (Å²) in [5, 5.41) is 21.9. The van der Waals surface area contributed by atoms with E-state index in [1.165, 1.54) is 17.4 Å². The van der Waals surface area contributed by atoms with Crippen molar-refractivity contribution in [2.45, 2.75) is 32.7 Å². The second-order valence-electron chi connectivity index (χ2n) is 7.45. The van der Waals surface area contributed by atoms with Gasteiger partial charge in [-0.25, -0.2) is 0 Å². The second-order valence-corrected chi connectivity index (χ2v) is 9.83. The maximum atomic E-state index is 12.9. The normalized spacial score (nSPS) is 13.7. The Hall–Kier alpha value is -2.06. The Kier molecular flexibility index (Phi) is 7.71. The number of rotatable bonds is 10. The highest BCUT2D eigenvalue weighted by atomic mass is 32.1. The fraction of sp³-hybridized carbons (Fsp3) is 0.421. The zero-order valence-corrected chi connectivity index (χ0v) is 18.5. The van der Waals surface area contributed by atoms with E-state index in [2.05, 4.69) is 4.52 Å². The molecule has 0 saturated carbocycles. The molecule has 0 aliphatic carbocycles. The molecular weight excluding hydrogens is 417 g/mol. The van der Waals surface area contributed by atoms with Gasteiger partial charge in [0.25, 0.3) is 0 Å². The first kappa shape index (κ1) is 23.2. The number of phosphoric ester groups is 1. The van der Waals surface area contributed by atoms with Crippen molar-refractivity contribution in [2.75, 3.05) is 20.2 Å². The van der Waals surface area contributed by atoms with Crippen LogP contribution >= 0.6 is 19.2 Å². The number of phosphoric acid groups is 1. The van der Waals surface area contributed by atoms with Crippen molar-refractivity contribution < 1.29 is 33.1 Å². The van der Waals surface area contributed by atoms with Crippen molar-refractivity contribution in [3.8, 4) is 16.6 Å². The molecule has 2 aromatic rings. The molecule has 8 nitrogen and oxygen atoms in total. The molecule has 0 aliphatic rings. The quantitative estimate of drug-likeness (QED) is 0.421. The van der Waals surface area contributed by atoms with Crippen LogP contribution in [-0.4, -0.2) is 41.8 Å². The standard InChI is InChI=1S/C19H26NO7PS/c1-19(2,3)16-11-15(10-14(18(16)23)12-20(4)7-8-21)26-28(24,25-13-22)27-17-6-5-9-29-17/h5-6,9-11,13,21,23H,7-8,12H2,1-4H3. The van der Waals surface area contributed by atoms with Crippen molar-refractivity contribution >= 4 is 25.6 Å². The number of carbonyl (C=O) groups is 1. The molecule has 0 fully saturated rings. The van der Waals surface area contributed by atoms with Crippen LogP contribution < -0.4 is 9.05 Å². The first-order chi connectivity index (χ1) is 13.6. The van der Waals surface area contributed by atoms with E-state index in [9.17, 15) is 14.5 Å².